The molecule has 0 aliphatic carbocycles. The van der Waals surface area contributed by atoms with Crippen molar-refractivity contribution in [3.8, 4) is 0 Å². The molecular weight excluding hydrogens is 197 g/mol. The number of nitrogens with two attached hydrogens (primary N) is 1. The fourth-order valence-corrected chi connectivity index (χ4v) is 0.169. The van der Waals surface area contributed by atoms with Gasteiger partial charge in [-0.15, -0.1) is 0 Å². The van der Waals surface area contributed by atoms with Crippen LogP contribution >= 0.6 is 7.60 Å². The zero-order chi connectivity index (χ0) is 10.9. The molecule has 0 aliphatic heterocycles. The summed E-state index contributed by atoms with van der Waals surface area (Å²) in [6.45, 7) is 1.73. The number of rotatable bonds is 3. The predicted molar refractivity (Wildman–Crippen MR) is 48.4 cm³/mol. The van der Waals surface area contributed by atoms with Gasteiger partial charge in [0.15, 0.2) is 0 Å². The van der Waals surface area contributed by atoms with Gasteiger partial charge in [0.25, 0.3) is 0 Å². The first kappa shape index (κ1) is 14.8. The van der Waals surface area contributed by atoms with Crippen LogP contribution in [0.4, 0.5) is 0 Å². The molecule has 78 valence electrons. The zero-order valence-electron chi connectivity index (χ0n) is 7.25. The van der Waals surface area contributed by atoms with Crippen molar-refractivity contribution in [3.05, 3.63) is 12.2 Å². The van der Waals surface area contributed by atoms with E-state index >= 15 is 0 Å². The van der Waals surface area contributed by atoms with Gasteiger partial charge in [-0.25, -0.2) is 4.79 Å². The maximum atomic E-state index is 9.69. The molecule has 7 heteroatoms. The molecule has 0 atom stereocenters. The molecule has 0 amide bonds. The van der Waals surface area contributed by atoms with Crippen molar-refractivity contribution in [2.45, 2.75) is 6.92 Å². The molecular formula is C6H14NO5P. The Bertz CT molecular complexity index is 209. The SMILES string of the molecule is CCP(=O)(O)O.NCC=CC(=O)O. The third kappa shape index (κ3) is 24.6. The summed E-state index contributed by atoms with van der Waals surface area (Å²) in [6, 6.07) is 0. The molecule has 0 bridgehead atoms. The molecule has 13 heavy (non-hydrogen) atoms. The lowest BCUT2D eigenvalue weighted by Crippen LogP contribution is -1.95. The van der Waals surface area contributed by atoms with E-state index in [1.54, 1.807) is 0 Å². The largest absolute Gasteiger partial charge is 0.478 e. The Morgan fingerprint density at radius 3 is 2.00 bits per heavy atom. The van der Waals surface area contributed by atoms with Gasteiger partial charge < -0.3 is 20.6 Å². The van der Waals surface area contributed by atoms with E-state index in [9.17, 15) is 9.36 Å². The number of carbonyl (C=O) groups is 1. The molecule has 0 radical (unpaired) electrons. The van der Waals surface area contributed by atoms with Crippen molar-refractivity contribution in [2.24, 2.45) is 5.73 Å². The lowest BCUT2D eigenvalue weighted by Gasteiger charge is -1.92. The first-order chi connectivity index (χ1) is 5.83. The van der Waals surface area contributed by atoms with Crippen molar-refractivity contribution in [3.63, 3.8) is 0 Å². The van der Waals surface area contributed by atoms with Crippen molar-refractivity contribution in [2.75, 3.05) is 12.7 Å². The van der Waals surface area contributed by atoms with Crippen molar-refractivity contribution in [1.29, 1.82) is 0 Å². The van der Waals surface area contributed by atoms with E-state index < -0.39 is 13.6 Å². The second-order valence-corrected chi connectivity index (χ2v) is 3.92. The van der Waals surface area contributed by atoms with Crippen molar-refractivity contribution < 1.29 is 24.3 Å². The Hall–Kier alpha value is -0.680. The second-order valence-electron chi connectivity index (χ2n) is 1.96. The van der Waals surface area contributed by atoms with E-state index in [0.717, 1.165) is 6.08 Å². The summed E-state index contributed by atoms with van der Waals surface area (Å²) >= 11 is 0. The Labute approximate surface area is 76.2 Å². The first-order valence-corrected chi connectivity index (χ1v) is 5.27. The van der Waals surface area contributed by atoms with Gasteiger partial charge >= 0.3 is 13.6 Å². The van der Waals surface area contributed by atoms with Gasteiger partial charge in [0.05, 0.1) is 0 Å². The van der Waals surface area contributed by atoms with Crippen LogP contribution in [0.5, 0.6) is 0 Å². The smallest absolute Gasteiger partial charge is 0.328 e. The summed E-state index contributed by atoms with van der Waals surface area (Å²) < 4.78 is 9.69. The molecule has 5 N–H and O–H groups in total. The molecule has 6 nitrogen and oxygen atoms in total. The highest BCUT2D eigenvalue weighted by molar-refractivity contribution is 7.51. The van der Waals surface area contributed by atoms with Crippen LogP contribution in [0, 0.1) is 0 Å². The second kappa shape index (κ2) is 7.94. The Morgan fingerprint density at radius 2 is 1.92 bits per heavy atom. The highest BCUT2D eigenvalue weighted by Gasteiger charge is 2.05. The minimum absolute atomic E-state index is 0.0625. The van der Waals surface area contributed by atoms with Gasteiger partial charge in [-0.05, 0) is 0 Å². The summed E-state index contributed by atoms with van der Waals surface area (Å²) in [7, 11) is -3.65. The number of hydrogen-bond donors (Lipinski definition) is 4. The quantitative estimate of drug-likeness (QED) is 0.378. The molecule has 0 heterocycles. The Kier molecular flexibility index (Phi) is 9.06. The highest BCUT2D eigenvalue weighted by atomic mass is 31.2. The number of hydrogen-bond acceptors (Lipinski definition) is 3. The fraction of sp³-hybridized carbons (Fsp3) is 0.500. The lowest BCUT2D eigenvalue weighted by atomic mass is 10.5. The van der Waals surface area contributed by atoms with Crippen LogP contribution in [0.1, 0.15) is 6.92 Å². The van der Waals surface area contributed by atoms with Gasteiger partial charge in [-0.3, -0.25) is 4.57 Å². The van der Waals surface area contributed by atoms with Crippen LogP contribution in [0.25, 0.3) is 0 Å². The van der Waals surface area contributed by atoms with Crippen LogP contribution in [-0.2, 0) is 9.36 Å². The summed E-state index contributed by atoms with van der Waals surface area (Å²) in [4.78, 5) is 25.5. The average molecular weight is 211 g/mol. The highest BCUT2D eigenvalue weighted by Crippen LogP contribution is 2.32. The van der Waals surface area contributed by atoms with Gasteiger partial charge in [0.1, 0.15) is 0 Å². The maximum Gasteiger partial charge on any atom is 0.328 e. The van der Waals surface area contributed by atoms with Gasteiger partial charge in [-0.1, -0.05) is 13.0 Å². The topological polar surface area (TPSA) is 121 Å². The fourth-order valence-electron chi connectivity index (χ4n) is 0.169. The van der Waals surface area contributed by atoms with Crippen LogP contribution in [0.2, 0.25) is 0 Å². The molecule has 0 saturated heterocycles. The summed E-state index contributed by atoms with van der Waals surface area (Å²) in [6.07, 6.45) is 2.33. The normalized spacial score (nSPS) is 10.8. The molecule has 0 aromatic heterocycles. The molecule has 0 aliphatic rings. The van der Waals surface area contributed by atoms with Crippen LogP contribution in [-0.4, -0.2) is 33.6 Å². The molecule has 0 fully saturated rings. The van der Waals surface area contributed by atoms with Gasteiger partial charge in [0, 0.05) is 18.8 Å². The number of aliphatic carboxylic acids is 1. The van der Waals surface area contributed by atoms with E-state index in [1.807, 2.05) is 0 Å². The van der Waals surface area contributed by atoms with E-state index in [0.29, 0.717) is 0 Å². The monoisotopic (exact) mass is 211 g/mol. The van der Waals surface area contributed by atoms with Crippen molar-refractivity contribution in [1.82, 2.24) is 0 Å². The zero-order valence-corrected chi connectivity index (χ0v) is 8.15. The molecule has 0 aromatic rings. The van der Waals surface area contributed by atoms with E-state index in [-0.39, 0.29) is 12.7 Å². The molecule has 0 unspecified atom stereocenters. The maximum absolute atomic E-state index is 9.69. The molecule has 0 aromatic carbocycles. The van der Waals surface area contributed by atoms with Crippen LogP contribution < -0.4 is 5.73 Å². The van der Waals surface area contributed by atoms with E-state index in [2.05, 4.69) is 0 Å². The van der Waals surface area contributed by atoms with E-state index in [1.165, 1.54) is 13.0 Å². The third-order valence-corrected chi connectivity index (χ3v) is 1.63. The minimum atomic E-state index is -3.65. The number of carboxylic acids is 1. The summed E-state index contributed by atoms with van der Waals surface area (Å²) in [5.74, 6) is -0.953. The van der Waals surface area contributed by atoms with E-state index in [4.69, 9.17) is 20.6 Å². The molecule has 0 rings (SSSR count). The van der Waals surface area contributed by atoms with Gasteiger partial charge in [0.2, 0.25) is 0 Å². The summed E-state index contributed by atoms with van der Waals surface area (Å²) in [5.41, 5.74) is 4.93. The third-order valence-electron chi connectivity index (χ3n) is 0.808. The van der Waals surface area contributed by atoms with Gasteiger partial charge in [-0.2, -0.15) is 0 Å². The summed E-state index contributed by atoms with van der Waals surface area (Å²) in [5, 5.41) is 7.90. The minimum Gasteiger partial charge on any atom is -0.478 e. The Morgan fingerprint density at radius 1 is 1.54 bits per heavy atom. The van der Waals surface area contributed by atoms with Crippen molar-refractivity contribution >= 4 is 13.6 Å². The molecule has 0 saturated carbocycles. The Balaban J connectivity index is 0. The van der Waals surface area contributed by atoms with Crippen LogP contribution in [0.3, 0.4) is 0 Å². The molecule has 0 spiro atoms. The lowest BCUT2D eigenvalue weighted by molar-refractivity contribution is -0.131. The van der Waals surface area contributed by atoms with Crippen LogP contribution in [0.15, 0.2) is 12.2 Å². The number of carboxylic acid groups (broad SMARTS) is 1. The first-order valence-electron chi connectivity index (χ1n) is 3.47. The average Bonchev–Trinajstić information content (AvgIpc) is 2.01. The predicted octanol–water partition coefficient (Wildman–Crippen LogP) is -0.230. The standard InChI is InChI=1S/C4H7NO2.C2H7O3P/c5-3-1-2-4(6)7;1-2-6(3,4)5/h1-2H,3,5H2,(H,6,7);2H2,1H3,(H2,3,4,5).